The first-order valence-corrected chi connectivity index (χ1v) is 10.8. The third-order valence-corrected chi connectivity index (χ3v) is 7.38. The van der Waals surface area contributed by atoms with Gasteiger partial charge in [0.1, 0.15) is 0 Å². The van der Waals surface area contributed by atoms with Gasteiger partial charge in [-0.2, -0.15) is 0 Å². The number of rotatable bonds is 0. The second kappa shape index (κ2) is 4.72. The van der Waals surface area contributed by atoms with E-state index in [1.807, 2.05) is 0 Å². The maximum absolute atomic E-state index is 4.94. The summed E-state index contributed by atoms with van der Waals surface area (Å²) in [5.41, 5.74) is 9.97. The summed E-state index contributed by atoms with van der Waals surface area (Å²) in [6.45, 7) is 9.45. The van der Waals surface area contributed by atoms with Gasteiger partial charge in [-0.05, 0) is 47.6 Å². The van der Waals surface area contributed by atoms with Crippen molar-refractivity contribution in [2.75, 3.05) is 0 Å². The Morgan fingerprint density at radius 3 is 1.69 bits per heavy atom. The van der Waals surface area contributed by atoms with Gasteiger partial charge in [0.05, 0.1) is 28.9 Å². The lowest BCUT2D eigenvalue weighted by molar-refractivity contribution is 0.391. The van der Waals surface area contributed by atoms with Gasteiger partial charge in [0.25, 0.3) is 0 Å². The van der Waals surface area contributed by atoms with Crippen LogP contribution in [0.1, 0.15) is 50.2 Å². The molecule has 0 aliphatic heterocycles. The van der Waals surface area contributed by atoms with E-state index in [2.05, 4.69) is 62.7 Å². The normalized spacial score (nSPS) is 19.7. The Balaban J connectivity index is 1.69. The van der Waals surface area contributed by atoms with Crippen molar-refractivity contribution in [1.82, 2.24) is 14.4 Å². The van der Waals surface area contributed by atoms with E-state index in [1.165, 1.54) is 60.6 Å². The van der Waals surface area contributed by atoms with Crippen LogP contribution in [0.2, 0.25) is 0 Å². The molecule has 2 aliphatic rings. The van der Waals surface area contributed by atoms with Gasteiger partial charge in [0, 0.05) is 32.9 Å². The zero-order valence-corrected chi connectivity index (χ0v) is 17.6. The molecule has 0 radical (unpaired) electrons. The quantitative estimate of drug-likeness (QED) is 0.336. The molecule has 0 saturated heterocycles. The fourth-order valence-electron chi connectivity index (χ4n) is 6.33. The van der Waals surface area contributed by atoms with Gasteiger partial charge in [-0.3, -0.25) is 9.97 Å². The first-order chi connectivity index (χ1) is 13.8. The number of hydrogen-bond acceptors (Lipinski definition) is 2. The van der Waals surface area contributed by atoms with Crippen molar-refractivity contribution in [1.29, 1.82) is 0 Å². The van der Waals surface area contributed by atoms with Gasteiger partial charge < -0.3 is 4.40 Å². The van der Waals surface area contributed by atoms with Crippen molar-refractivity contribution in [3.63, 3.8) is 0 Å². The summed E-state index contributed by atoms with van der Waals surface area (Å²) in [4.78, 5) is 9.87. The van der Waals surface area contributed by atoms with Gasteiger partial charge in [0.2, 0.25) is 0 Å². The minimum Gasteiger partial charge on any atom is -0.305 e. The molecule has 0 atom stereocenters. The fraction of sp³-hybridized carbons (Fsp3) is 0.385. The van der Waals surface area contributed by atoms with Crippen molar-refractivity contribution < 1.29 is 0 Å². The van der Waals surface area contributed by atoms with Crippen LogP contribution in [-0.2, 0) is 25.7 Å². The molecule has 0 N–H and O–H groups in total. The Morgan fingerprint density at radius 1 is 0.724 bits per heavy atom. The van der Waals surface area contributed by atoms with E-state index in [0.717, 1.165) is 25.7 Å². The number of para-hydroxylation sites is 1. The summed E-state index contributed by atoms with van der Waals surface area (Å²) in [7, 11) is 0. The first-order valence-electron chi connectivity index (χ1n) is 10.8. The Labute approximate surface area is 170 Å². The third-order valence-electron chi connectivity index (χ3n) is 7.38. The average Bonchev–Trinajstić information content (AvgIpc) is 3.33. The van der Waals surface area contributed by atoms with Crippen LogP contribution in [0.3, 0.4) is 0 Å². The van der Waals surface area contributed by atoms with Crippen LogP contribution in [-0.4, -0.2) is 14.4 Å². The number of pyridine rings is 2. The molecule has 144 valence electrons. The van der Waals surface area contributed by atoms with E-state index in [9.17, 15) is 0 Å². The standard InChI is InChI=1S/C26H25N3/c1-25(2)8-16-18(10-25)27-12-20-22(16)14-6-5-7-15-23-17-9-26(3,4)11-19(17)28-13-21(23)29(20)24(14)15/h5-7,12-13H,8-11H2,1-4H3. The zero-order chi connectivity index (χ0) is 19.7. The van der Waals surface area contributed by atoms with Gasteiger partial charge in [-0.25, -0.2) is 0 Å². The highest BCUT2D eigenvalue weighted by molar-refractivity contribution is 6.24. The Bertz CT molecular complexity index is 1390. The molecule has 0 bridgehead atoms. The Hall–Kier alpha value is -2.68. The number of fused-ring (bicyclic) bond motifs is 10. The first kappa shape index (κ1) is 16.2. The highest BCUT2D eigenvalue weighted by atomic mass is 14.9. The van der Waals surface area contributed by atoms with Crippen molar-refractivity contribution in [2.24, 2.45) is 10.8 Å². The smallest absolute Gasteiger partial charge is 0.0728 e. The van der Waals surface area contributed by atoms with Gasteiger partial charge in [-0.15, -0.1) is 0 Å². The van der Waals surface area contributed by atoms with Crippen LogP contribution in [0.5, 0.6) is 0 Å². The van der Waals surface area contributed by atoms with E-state index in [4.69, 9.17) is 9.97 Å². The van der Waals surface area contributed by atoms with Gasteiger partial charge in [0.15, 0.2) is 0 Å². The number of aromatic nitrogens is 3. The minimum atomic E-state index is 0.297. The van der Waals surface area contributed by atoms with Crippen LogP contribution in [0.15, 0.2) is 30.6 Å². The average molecular weight is 380 g/mol. The molecule has 2 aliphatic carbocycles. The van der Waals surface area contributed by atoms with E-state index in [-0.39, 0.29) is 0 Å². The molecule has 3 nitrogen and oxygen atoms in total. The van der Waals surface area contributed by atoms with Crippen molar-refractivity contribution in [3.8, 4) is 0 Å². The summed E-state index contributed by atoms with van der Waals surface area (Å²) in [5.74, 6) is 0. The van der Waals surface area contributed by atoms with Gasteiger partial charge in [-0.1, -0.05) is 45.9 Å². The van der Waals surface area contributed by atoms with E-state index in [1.54, 1.807) is 0 Å². The predicted octanol–water partition coefficient (Wildman–Crippen LogP) is 5.88. The number of nitrogens with zero attached hydrogens (tertiary/aromatic N) is 3. The Morgan fingerprint density at radius 2 is 1.21 bits per heavy atom. The molecule has 0 spiro atoms. The molecule has 5 aromatic rings. The van der Waals surface area contributed by atoms with Crippen LogP contribution >= 0.6 is 0 Å². The predicted molar refractivity (Wildman–Crippen MR) is 119 cm³/mol. The molecule has 4 aromatic heterocycles. The highest BCUT2D eigenvalue weighted by Crippen LogP contribution is 2.47. The molecular formula is C26H25N3. The molecule has 0 saturated carbocycles. The van der Waals surface area contributed by atoms with Gasteiger partial charge >= 0.3 is 0 Å². The summed E-state index contributed by atoms with van der Waals surface area (Å²) in [6.07, 6.45) is 8.60. The van der Waals surface area contributed by atoms with Crippen LogP contribution in [0.25, 0.3) is 38.1 Å². The van der Waals surface area contributed by atoms with Crippen LogP contribution in [0, 0.1) is 10.8 Å². The maximum Gasteiger partial charge on any atom is 0.0728 e. The summed E-state index contributed by atoms with van der Waals surface area (Å²) in [6, 6.07) is 6.87. The monoisotopic (exact) mass is 379 g/mol. The highest BCUT2D eigenvalue weighted by Gasteiger charge is 2.35. The molecule has 29 heavy (non-hydrogen) atoms. The lowest BCUT2D eigenvalue weighted by Gasteiger charge is -2.14. The molecule has 0 unspecified atom stereocenters. The summed E-state index contributed by atoms with van der Waals surface area (Å²) < 4.78 is 2.45. The third kappa shape index (κ3) is 1.89. The summed E-state index contributed by atoms with van der Waals surface area (Å²) >= 11 is 0. The topological polar surface area (TPSA) is 30.2 Å². The number of benzene rings is 1. The Kier molecular flexibility index (Phi) is 2.63. The molecule has 0 amide bonds. The lowest BCUT2D eigenvalue weighted by atomic mass is 9.90. The van der Waals surface area contributed by atoms with E-state index >= 15 is 0 Å². The molecule has 3 heteroatoms. The fourth-order valence-corrected chi connectivity index (χ4v) is 6.33. The molecule has 7 rings (SSSR count). The van der Waals surface area contributed by atoms with Crippen LogP contribution in [0.4, 0.5) is 0 Å². The number of hydrogen-bond donors (Lipinski definition) is 0. The largest absolute Gasteiger partial charge is 0.305 e. The second-order valence-corrected chi connectivity index (χ2v) is 11.0. The van der Waals surface area contributed by atoms with Crippen molar-refractivity contribution in [2.45, 2.75) is 53.4 Å². The van der Waals surface area contributed by atoms with Crippen molar-refractivity contribution >= 4 is 38.1 Å². The van der Waals surface area contributed by atoms with E-state index < -0.39 is 0 Å². The summed E-state index contributed by atoms with van der Waals surface area (Å²) in [5, 5.41) is 5.61. The zero-order valence-electron chi connectivity index (χ0n) is 17.6. The van der Waals surface area contributed by atoms with Crippen molar-refractivity contribution in [3.05, 3.63) is 53.1 Å². The lowest BCUT2D eigenvalue weighted by Crippen LogP contribution is -2.09. The molecule has 1 aromatic carbocycles. The van der Waals surface area contributed by atoms with Crippen LogP contribution < -0.4 is 0 Å². The maximum atomic E-state index is 4.94. The van der Waals surface area contributed by atoms with E-state index in [0.29, 0.717) is 10.8 Å². The second-order valence-electron chi connectivity index (χ2n) is 11.0. The SMILES string of the molecule is CC1(C)Cc2ncc3c(c2C1)c1cccc2c4c5c(ncc4n3c12)CC(C)(C)C5. The molecule has 4 heterocycles. The molecular weight excluding hydrogens is 354 g/mol. The molecule has 0 fully saturated rings. The minimum absolute atomic E-state index is 0.297.